The van der Waals surface area contributed by atoms with Crippen molar-refractivity contribution in [2.24, 2.45) is 0 Å². The highest BCUT2D eigenvalue weighted by Crippen LogP contribution is 2.37. The van der Waals surface area contributed by atoms with E-state index in [0.717, 1.165) is 42.8 Å². The third kappa shape index (κ3) is 2.71. The first kappa shape index (κ1) is 15.6. The fourth-order valence-corrected chi connectivity index (χ4v) is 3.39. The summed E-state index contributed by atoms with van der Waals surface area (Å²) < 4.78 is 10.8. The summed E-state index contributed by atoms with van der Waals surface area (Å²) in [5.74, 6) is 1.50. The summed E-state index contributed by atoms with van der Waals surface area (Å²) in [5.41, 5.74) is 2.56. The zero-order chi connectivity index (χ0) is 16.4. The van der Waals surface area contributed by atoms with Gasteiger partial charge >= 0.3 is 0 Å². The number of rotatable bonds is 4. The van der Waals surface area contributed by atoms with Gasteiger partial charge in [0.15, 0.2) is 0 Å². The molecule has 122 valence electrons. The number of hydrogen-bond acceptors (Lipinski definition) is 4. The molecule has 5 heteroatoms. The molecule has 0 N–H and O–H groups in total. The number of aryl methyl sites for hydroxylation is 2. The molecular formula is C18H22N2O3. The van der Waals surface area contributed by atoms with Gasteiger partial charge in [0.1, 0.15) is 11.5 Å². The van der Waals surface area contributed by atoms with E-state index in [2.05, 4.69) is 5.16 Å². The summed E-state index contributed by atoms with van der Waals surface area (Å²) >= 11 is 0. The van der Waals surface area contributed by atoms with Crippen molar-refractivity contribution in [1.29, 1.82) is 0 Å². The van der Waals surface area contributed by atoms with Gasteiger partial charge in [0.2, 0.25) is 0 Å². The number of amides is 1. The van der Waals surface area contributed by atoms with Gasteiger partial charge in [-0.05, 0) is 31.9 Å². The lowest BCUT2D eigenvalue weighted by Gasteiger charge is -2.25. The highest BCUT2D eigenvalue weighted by molar-refractivity contribution is 5.97. The Hall–Kier alpha value is -2.30. The lowest BCUT2D eigenvalue weighted by Crippen LogP contribution is -2.31. The van der Waals surface area contributed by atoms with Crippen molar-refractivity contribution < 1.29 is 14.1 Å². The Bertz CT molecular complexity index is 708. The highest BCUT2D eigenvalue weighted by atomic mass is 16.5. The van der Waals surface area contributed by atoms with E-state index >= 15 is 0 Å². The third-order valence-electron chi connectivity index (χ3n) is 4.49. The molecule has 5 nitrogen and oxygen atoms in total. The minimum absolute atomic E-state index is 0.00704. The molecule has 1 unspecified atom stereocenters. The average Bonchev–Trinajstić information content (AvgIpc) is 3.19. The first-order valence-electron chi connectivity index (χ1n) is 8.06. The van der Waals surface area contributed by atoms with Crippen LogP contribution < -0.4 is 4.74 Å². The maximum Gasteiger partial charge on any atom is 0.258 e. The van der Waals surface area contributed by atoms with Crippen molar-refractivity contribution in [3.8, 4) is 5.75 Å². The van der Waals surface area contributed by atoms with E-state index in [4.69, 9.17) is 9.26 Å². The lowest BCUT2D eigenvalue weighted by molar-refractivity contribution is 0.0731. The monoisotopic (exact) mass is 314 g/mol. The molecule has 23 heavy (non-hydrogen) atoms. The normalized spacial score (nSPS) is 17.5. The molecule has 0 radical (unpaired) electrons. The Morgan fingerprint density at radius 3 is 2.96 bits per heavy atom. The maximum absolute atomic E-state index is 13.0. The number of benzene rings is 1. The van der Waals surface area contributed by atoms with Crippen LogP contribution in [0.5, 0.6) is 5.75 Å². The van der Waals surface area contributed by atoms with Crippen LogP contribution in [0.1, 0.15) is 53.2 Å². The van der Waals surface area contributed by atoms with Gasteiger partial charge in [0, 0.05) is 18.5 Å². The number of nitrogens with zero attached hydrogens (tertiary/aromatic N) is 2. The summed E-state index contributed by atoms with van der Waals surface area (Å²) in [7, 11) is 1.59. The van der Waals surface area contributed by atoms with Gasteiger partial charge in [-0.3, -0.25) is 4.79 Å². The zero-order valence-corrected chi connectivity index (χ0v) is 13.8. The van der Waals surface area contributed by atoms with Crippen LogP contribution in [0, 0.1) is 6.92 Å². The van der Waals surface area contributed by atoms with E-state index < -0.39 is 0 Å². The van der Waals surface area contributed by atoms with Crippen molar-refractivity contribution in [3.05, 3.63) is 46.8 Å². The van der Waals surface area contributed by atoms with Gasteiger partial charge in [-0.25, -0.2) is 0 Å². The number of carbonyl (C=O) groups is 1. The molecule has 2 aromatic rings. The minimum atomic E-state index is 0.00704. The van der Waals surface area contributed by atoms with Gasteiger partial charge in [-0.15, -0.1) is 0 Å². The van der Waals surface area contributed by atoms with Crippen molar-refractivity contribution in [3.63, 3.8) is 0 Å². The SMILES string of the molecule is CCc1onc(C)c1C1CCCN1C(=O)c1ccccc1OC. The number of aromatic nitrogens is 1. The molecule has 1 fully saturated rings. The van der Waals surface area contributed by atoms with E-state index in [-0.39, 0.29) is 11.9 Å². The fourth-order valence-electron chi connectivity index (χ4n) is 3.39. The van der Waals surface area contributed by atoms with E-state index in [1.807, 2.05) is 43.0 Å². The van der Waals surface area contributed by atoms with Crippen molar-refractivity contribution >= 4 is 5.91 Å². The van der Waals surface area contributed by atoms with Crippen molar-refractivity contribution in [2.45, 2.75) is 39.2 Å². The fraction of sp³-hybridized carbons (Fsp3) is 0.444. The van der Waals surface area contributed by atoms with Crippen LogP contribution >= 0.6 is 0 Å². The summed E-state index contributed by atoms with van der Waals surface area (Å²) in [4.78, 5) is 15.0. The van der Waals surface area contributed by atoms with Crippen LogP contribution in [0.3, 0.4) is 0 Å². The Morgan fingerprint density at radius 1 is 1.43 bits per heavy atom. The van der Waals surface area contributed by atoms with E-state index in [0.29, 0.717) is 11.3 Å². The van der Waals surface area contributed by atoms with Gasteiger partial charge in [-0.1, -0.05) is 24.2 Å². The molecule has 0 saturated carbocycles. The van der Waals surface area contributed by atoms with Crippen LogP contribution in [0.15, 0.2) is 28.8 Å². The Morgan fingerprint density at radius 2 is 2.22 bits per heavy atom. The molecule has 0 spiro atoms. The Balaban J connectivity index is 1.95. The summed E-state index contributed by atoms with van der Waals surface area (Å²) in [5, 5.41) is 4.09. The second kappa shape index (κ2) is 6.44. The van der Waals surface area contributed by atoms with Crippen LogP contribution in [0.4, 0.5) is 0 Å². The van der Waals surface area contributed by atoms with Crippen molar-refractivity contribution in [2.75, 3.05) is 13.7 Å². The number of ether oxygens (including phenoxy) is 1. The second-order valence-electron chi connectivity index (χ2n) is 5.82. The Labute approximate surface area is 136 Å². The number of para-hydroxylation sites is 1. The second-order valence-corrected chi connectivity index (χ2v) is 5.82. The van der Waals surface area contributed by atoms with Crippen LogP contribution in [-0.2, 0) is 6.42 Å². The molecule has 1 aliphatic rings. The standard InChI is InChI=1S/C18H22N2O3/c1-4-15-17(12(2)19-23-15)14-9-7-11-20(14)18(21)13-8-5-6-10-16(13)22-3/h5-6,8,10,14H,4,7,9,11H2,1-3H3. The summed E-state index contributed by atoms with van der Waals surface area (Å²) in [6.07, 6.45) is 2.71. The van der Waals surface area contributed by atoms with E-state index in [1.54, 1.807) is 7.11 Å². The first-order valence-corrected chi connectivity index (χ1v) is 8.06. The predicted molar refractivity (Wildman–Crippen MR) is 86.6 cm³/mol. The molecule has 0 aliphatic carbocycles. The van der Waals surface area contributed by atoms with Crippen molar-refractivity contribution in [1.82, 2.24) is 10.1 Å². The predicted octanol–water partition coefficient (Wildman–Crippen LogP) is 3.53. The molecule has 1 amide bonds. The quantitative estimate of drug-likeness (QED) is 0.866. The molecule has 0 bridgehead atoms. The first-order chi connectivity index (χ1) is 11.2. The highest BCUT2D eigenvalue weighted by Gasteiger charge is 2.35. The number of hydrogen-bond donors (Lipinski definition) is 0. The zero-order valence-electron chi connectivity index (χ0n) is 13.8. The smallest absolute Gasteiger partial charge is 0.258 e. The molecule has 3 rings (SSSR count). The molecule has 1 saturated heterocycles. The molecule has 2 heterocycles. The lowest BCUT2D eigenvalue weighted by atomic mass is 10.0. The average molecular weight is 314 g/mol. The molecule has 1 atom stereocenters. The van der Waals surface area contributed by atoms with Gasteiger partial charge in [0.05, 0.1) is 24.4 Å². The third-order valence-corrected chi connectivity index (χ3v) is 4.49. The molecule has 1 aromatic carbocycles. The largest absolute Gasteiger partial charge is 0.496 e. The van der Waals surface area contributed by atoms with Crippen LogP contribution in [0.2, 0.25) is 0 Å². The molecular weight excluding hydrogens is 292 g/mol. The van der Waals surface area contributed by atoms with E-state index in [1.165, 1.54) is 0 Å². The Kier molecular flexibility index (Phi) is 4.37. The van der Waals surface area contributed by atoms with Gasteiger partial charge < -0.3 is 14.2 Å². The summed E-state index contributed by atoms with van der Waals surface area (Å²) in [6, 6.07) is 7.41. The topological polar surface area (TPSA) is 55.6 Å². The maximum atomic E-state index is 13.0. The molecule has 1 aliphatic heterocycles. The van der Waals surface area contributed by atoms with E-state index in [9.17, 15) is 4.79 Å². The number of likely N-dealkylation sites (tertiary alicyclic amines) is 1. The molecule has 1 aromatic heterocycles. The van der Waals surface area contributed by atoms with Gasteiger partial charge in [0.25, 0.3) is 5.91 Å². The number of methoxy groups -OCH3 is 1. The van der Waals surface area contributed by atoms with Crippen LogP contribution in [0.25, 0.3) is 0 Å². The summed E-state index contributed by atoms with van der Waals surface area (Å²) in [6.45, 7) is 4.74. The van der Waals surface area contributed by atoms with Gasteiger partial charge in [-0.2, -0.15) is 0 Å². The number of carbonyl (C=O) groups excluding carboxylic acids is 1. The minimum Gasteiger partial charge on any atom is -0.496 e. The van der Waals surface area contributed by atoms with Crippen LogP contribution in [-0.4, -0.2) is 29.6 Å².